The van der Waals surface area contributed by atoms with Crippen LogP contribution in [0.15, 0.2) is 12.1 Å². The molecule has 2 amide bonds. The van der Waals surface area contributed by atoms with Gasteiger partial charge in [0.2, 0.25) is 11.8 Å². The Balaban J connectivity index is 1.73. The Morgan fingerprint density at radius 1 is 1.38 bits per heavy atom. The first-order valence-corrected chi connectivity index (χ1v) is 7.27. The topological polar surface area (TPSA) is 87.5 Å². The van der Waals surface area contributed by atoms with Crippen LogP contribution in [0.5, 0.6) is 0 Å². The van der Waals surface area contributed by atoms with E-state index < -0.39 is 0 Å². The van der Waals surface area contributed by atoms with Crippen LogP contribution in [0, 0.1) is 0 Å². The number of nitrogens with one attached hydrogen (secondary N) is 2. The van der Waals surface area contributed by atoms with Crippen molar-refractivity contribution in [3.05, 3.63) is 17.7 Å². The van der Waals surface area contributed by atoms with E-state index in [1.54, 1.807) is 6.92 Å². The normalized spacial score (nSPS) is 18.3. The molecule has 6 nitrogen and oxygen atoms in total. The number of carbonyl (C=O) groups excluding carboxylic acids is 2. The number of amides is 2. The number of piperidine rings is 1. The summed E-state index contributed by atoms with van der Waals surface area (Å²) >= 11 is 0. The van der Waals surface area contributed by atoms with Crippen LogP contribution in [0.25, 0.3) is 0 Å². The predicted octanol–water partition coefficient (Wildman–Crippen LogP) is 0.868. The Labute approximate surface area is 123 Å². The SMILES string of the molecule is CC(=O)NC1CCN(c2cc3c(cc2N)CC(=O)N3)CC1. The van der Waals surface area contributed by atoms with Crippen molar-refractivity contribution in [2.45, 2.75) is 32.2 Å². The molecule has 2 heterocycles. The van der Waals surface area contributed by atoms with E-state index in [4.69, 9.17) is 5.73 Å². The van der Waals surface area contributed by atoms with Crippen molar-refractivity contribution >= 4 is 28.9 Å². The standard InChI is InChI=1S/C15H20N4O2/c1-9(20)17-11-2-4-19(5-3-11)14-8-13-10(6-12(14)16)7-15(21)18-13/h6,8,11H,2-5,7,16H2,1H3,(H,17,20)(H,18,21). The molecular formula is C15H20N4O2. The number of nitrogens with two attached hydrogens (primary N) is 1. The Morgan fingerprint density at radius 2 is 2.10 bits per heavy atom. The second kappa shape index (κ2) is 5.27. The molecule has 2 aliphatic rings. The lowest BCUT2D eigenvalue weighted by Crippen LogP contribution is -2.44. The van der Waals surface area contributed by atoms with Crippen molar-refractivity contribution in [3.8, 4) is 0 Å². The first-order chi connectivity index (χ1) is 10.0. The van der Waals surface area contributed by atoms with Crippen LogP contribution < -0.4 is 21.3 Å². The van der Waals surface area contributed by atoms with Gasteiger partial charge in [-0.25, -0.2) is 0 Å². The minimum absolute atomic E-state index is 0.0194. The number of hydrogen-bond donors (Lipinski definition) is 3. The number of rotatable bonds is 2. The average Bonchev–Trinajstić information content (AvgIpc) is 2.77. The highest BCUT2D eigenvalue weighted by molar-refractivity contribution is 6.00. The van der Waals surface area contributed by atoms with Crippen molar-refractivity contribution in [2.75, 3.05) is 29.0 Å². The number of carbonyl (C=O) groups is 2. The molecule has 0 unspecified atom stereocenters. The van der Waals surface area contributed by atoms with Crippen molar-refractivity contribution in [2.24, 2.45) is 0 Å². The van der Waals surface area contributed by atoms with Gasteiger partial charge in [0, 0.05) is 31.7 Å². The van der Waals surface area contributed by atoms with Gasteiger partial charge in [-0.15, -0.1) is 0 Å². The molecule has 0 aliphatic carbocycles. The zero-order valence-electron chi connectivity index (χ0n) is 12.1. The molecule has 1 aromatic rings. The van der Waals surface area contributed by atoms with E-state index in [-0.39, 0.29) is 17.9 Å². The molecule has 6 heteroatoms. The largest absolute Gasteiger partial charge is 0.397 e. The molecule has 1 fully saturated rings. The van der Waals surface area contributed by atoms with Crippen LogP contribution in [0.1, 0.15) is 25.3 Å². The van der Waals surface area contributed by atoms with Gasteiger partial charge in [0.05, 0.1) is 17.8 Å². The van der Waals surface area contributed by atoms with Crippen LogP contribution >= 0.6 is 0 Å². The molecule has 0 saturated carbocycles. The Kier molecular flexibility index (Phi) is 3.45. The lowest BCUT2D eigenvalue weighted by atomic mass is 10.0. The van der Waals surface area contributed by atoms with Gasteiger partial charge >= 0.3 is 0 Å². The fourth-order valence-corrected chi connectivity index (χ4v) is 3.11. The van der Waals surface area contributed by atoms with Crippen LogP contribution in [-0.2, 0) is 16.0 Å². The fourth-order valence-electron chi connectivity index (χ4n) is 3.11. The number of hydrogen-bond acceptors (Lipinski definition) is 4. The summed E-state index contributed by atoms with van der Waals surface area (Å²) in [6, 6.07) is 4.10. The van der Waals surface area contributed by atoms with E-state index in [9.17, 15) is 9.59 Å². The van der Waals surface area contributed by atoms with Crippen molar-refractivity contribution in [1.29, 1.82) is 0 Å². The lowest BCUT2D eigenvalue weighted by Gasteiger charge is -2.34. The van der Waals surface area contributed by atoms with Gasteiger partial charge in [0.25, 0.3) is 0 Å². The molecule has 1 saturated heterocycles. The molecule has 0 bridgehead atoms. The molecule has 112 valence electrons. The number of benzene rings is 1. The van der Waals surface area contributed by atoms with Crippen LogP contribution in [0.3, 0.4) is 0 Å². The number of fused-ring (bicyclic) bond motifs is 1. The predicted molar refractivity (Wildman–Crippen MR) is 82.2 cm³/mol. The third-order valence-corrected chi connectivity index (χ3v) is 4.12. The summed E-state index contributed by atoms with van der Waals surface area (Å²) < 4.78 is 0. The summed E-state index contributed by atoms with van der Waals surface area (Å²) in [4.78, 5) is 24.8. The van der Waals surface area contributed by atoms with Gasteiger partial charge in [-0.2, -0.15) is 0 Å². The van der Waals surface area contributed by atoms with E-state index in [0.29, 0.717) is 12.1 Å². The van der Waals surface area contributed by atoms with Gasteiger partial charge < -0.3 is 21.3 Å². The maximum Gasteiger partial charge on any atom is 0.228 e. The first kappa shape index (κ1) is 13.7. The molecule has 0 radical (unpaired) electrons. The highest BCUT2D eigenvalue weighted by atomic mass is 16.2. The Bertz CT molecular complexity index is 592. The van der Waals surface area contributed by atoms with Gasteiger partial charge in [-0.05, 0) is 30.5 Å². The monoisotopic (exact) mass is 288 g/mol. The van der Waals surface area contributed by atoms with Crippen LogP contribution in [0.4, 0.5) is 17.1 Å². The summed E-state index contributed by atoms with van der Waals surface area (Å²) in [7, 11) is 0. The van der Waals surface area contributed by atoms with Gasteiger partial charge in [-0.3, -0.25) is 9.59 Å². The van der Waals surface area contributed by atoms with Crippen LogP contribution in [0.2, 0.25) is 0 Å². The number of nitrogen functional groups attached to an aromatic ring is 1. The highest BCUT2D eigenvalue weighted by Crippen LogP contribution is 2.34. The fraction of sp³-hybridized carbons (Fsp3) is 0.467. The quantitative estimate of drug-likeness (QED) is 0.705. The molecule has 3 rings (SSSR count). The molecule has 2 aliphatic heterocycles. The van der Waals surface area contributed by atoms with Gasteiger partial charge in [0.15, 0.2) is 0 Å². The third kappa shape index (κ3) is 2.79. The second-order valence-electron chi connectivity index (χ2n) is 5.75. The molecule has 21 heavy (non-hydrogen) atoms. The smallest absolute Gasteiger partial charge is 0.228 e. The second-order valence-corrected chi connectivity index (χ2v) is 5.75. The summed E-state index contributed by atoms with van der Waals surface area (Å²) in [5.41, 5.74) is 9.65. The number of nitrogens with zero attached hydrogens (tertiary/aromatic N) is 1. The summed E-state index contributed by atoms with van der Waals surface area (Å²) in [6.07, 6.45) is 2.22. The molecule has 0 atom stereocenters. The molecule has 0 aromatic heterocycles. The summed E-state index contributed by atoms with van der Waals surface area (Å²) in [5, 5.41) is 5.82. The van der Waals surface area contributed by atoms with Crippen molar-refractivity contribution < 1.29 is 9.59 Å². The van der Waals surface area contributed by atoms with Gasteiger partial charge in [0.1, 0.15) is 0 Å². The van der Waals surface area contributed by atoms with Gasteiger partial charge in [-0.1, -0.05) is 0 Å². The molecule has 0 spiro atoms. The lowest BCUT2D eigenvalue weighted by molar-refractivity contribution is -0.119. The third-order valence-electron chi connectivity index (χ3n) is 4.12. The average molecular weight is 288 g/mol. The zero-order valence-corrected chi connectivity index (χ0v) is 12.1. The summed E-state index contributed by atoms with van der Waals surface area (Å²) in [6.45, 7) is 3.25. The summed E-state index contributed by atoms with van der Waals surface area (Å²) in [5.74, 6) is 0.0409. The molecule has 4 N–H and O–H groups in total. The zero-order chi connectivity index (χ0) is 15.0. The Morgan fingerprint density at radius 3 is 2.76 bits per heavy atom. The van der Waals surface area contributed by atoms with Crippen molar-refractivity contribution in [1.82, 2.24) is 5.32 Å². The number of anilines is 3. The van der Waals surface area contributed by atoms with E-state index in [1.165, 1.54) is 0 Å². The van der Waals surface area contributed by atoms with Crippen LogP contribution in [-0.4, -0.2) is 30.9 Å². The maximum absolute atomic E-state index is 11.4. The van der Waals surface area contributed by atoms with E-state index in [0.717, 1.165) is 42.9 Å². The highest BCUT2D eigenvalue weighted by Gasteiger charge is 2.24. The minimum atomic E-state index is 0.0194. The maximum atomic E-state index is 11.4. The first-order valence-electron chi connectivity index (χ1n) is 7.27. The van der Waals surface area contributed by atoms with E-state index in [1.807, 2.05) is 12.1 Å². The van der Waals surface area contributed by atoms with E-state index >= 15 is 0 Å². The van der Waals surface area contributed by atoms with E-state index in [2.05, 4.69) is 15.5 Å². The Hall–Kier alpha value is -2.24. The molecule has 1 aromatic carbocycles. The molecular weight excluding hydrogens is 268 g/mol. The van der Waals surface area contributed by atoms with Crippen molar-refractivity contribution in [3.63, 3.8) is 0 Å². The minimum Gasteiger partial charge on any atom is -0.397 e.